The van der Waals surface area contributed by atoms with Crippen LogP contribution in [0.4, 0.5) is 0 Å². The molecule has 1 heterocycles. The van der Waals surface area contributed by atoms with Crippen LogP contribution in [0.25, 0.3) is 0 Å². The summed E-state index contributed by atoms with van der Waals surface area (Å²) in [7, 11) is 0. The van der Waals surface area contributed by atoms with Gasteiger partial charge in [-0.05, 0) is 28.8 Å². The number of hydrogen-bond donors (Lipinski definition) is 0. The van der Waals surface area contributed by atoms with Gasteiger partial charge in [-0.3, -0.25) is 0 Å². The lowest BCUT2D eigenvalue weighted by Gasteiger charge is -1.86. The lowest BCUT2D eigenvalue weighted by molar-refractivity contribution is 1.04. The third-order valence-electron chi connectivity index (χ3n) is 1.51. The van der Waals surface area contributed by atoms with Crippen molar-refractivity contribution >= 4 is 27.3 Å². The summed E-state index contributed by atoms with van der Waals surface area (Å²) in [5.74, 6) is 0.783. The van der Waals surface area contributed by atoms with Crippen LogP contribution in [0, 0.1) is 0 Å². The van der Waals surface area contributed by atoms with Crippen LogP contribution >= 0.6 is 27.3 Å². The minimum absolute atomic E-state index is 0.783. The van der Waals surface area contributed by atoms with Crippen molar-refractivity contribution in [3.05, 3.63) is 15.0 Å². The van der Waals surface area contributed by atoms with E-state index in [1.807, 2.05) is 5.51 Å². The molecule has 1 saturated carbocycles. The molecule has 0 radical (unpaired) electrons. The molecular formula is C6H6BrNS. The van der Waals surface area contributed by atoms with Gasteiger partial charge in [-0.1, -0.05) is 0 Å². The molecule has 0 saturated heterocycles. The van der Waals surface area contributed by atoms with Crippen molar-refractivity contribution in [1.29, 1.82) is 0 Å². The number of thiazole rings is 1. The molecule has 1 aliphatic carbocycles. The Labute approximate surface area is 66.2 Å². The van der Waals surface area contributed by atoms with Crippen LogP contribution < -0.4 is 0 Å². The van der Waals surface area contributed by atoms with Gasteiger partial charge in [-0.2, -0.15) is 0 Å². The normalized spacial score (nSPS) is 18.3. The first-order chi connectivity index (χ1) is 4.38. The fraction of sp³-hybridized carbons (Fsp3) is 0.500. The lowest BCUT2D eigenvalue weighted by Crippen LogP contribution is -1.76. The molecule has 0 aliphatic heterocycles. The minimum atomic E-state index is 0.783. The van der Waals surface area contributed by atoms with Gasteiger partial charge in [0, 0.05) is 5.92 Å². The Balaban J connectivity index is 2.35. The van der Waals surface area contributed by atoms with E-state index >= 15 is 0 Å². The third-order valence-corrected chi connectivity index (χ3v) is 3.11. The van der Waals surface area contributed by atoms with E-state index < -0.39 is 0 Å². The predicted molar refractivity (Wildman–Crippen MR) is 41.8 cm³/mol. The minimum Gasteiger partial charge on any atom is -0.248 e. The van der Waals surface area contributed by atoms with Crippen molar-refractivity contribution in [1.82, 2.24) is 4.98 Å². The maximum Gasteiger partial charge on any atom is 0.0931 e. The maximum atomic E-state index is 4.25. The van der Waals surface area contributed by atoms with Gasteiger partial charge >= 0.3 is 0 Å². The molecule has 1 aromatic heterocycles. The molecule has 9 heavy (non-hydrogen) atoms. The smallest absolute Gasteiger partial charge is 0.0931 e. The highest BCUT2D eigenvalue weighted by Crippen LogP contribution is 2.43. The standard InChI is InChI=1S/C6H6BrNS/c7-6-5(4-1-2-4)8-3-9-6/h3-4H,1-2H2. The highest BCUT2D eigenvalue weighted by atomic mass is 79.9. The van der Waals surface area contributed by atoms with Crippen LogP contribution in [0.1, 0.15) is 24.5 Å². The summed E-state index contributed by atoms with van der Waals surface area (Å²) in [6, 6.07) is 0. The summed E-state index contributed by atoms with van der Waals surface area (Å²) in [5, 5.41) is 0. The summed E-state index contributed by atoms with van der Waals surface area (Å²) >= 11 is 5.14. The molecule has 3 heteroatoms. The summed E-state index contributed by atoms with van der Waals surface area (Å²) in [4.78, 5) is 4.25. The van der Waals surface area contributed by atoms with Crippen LogP contribution in [-0.2, 0) is 0 Å². The van der Waals surface area contributed by atoms with Gasteiger partial charge in [0.2, 0.25) is 0 Å². The first-order valence-corrected chi connectivity index (χ1v) is 4.64. The average molecular weight is 204 g/mol. The second-order valence-corrected chi connectivity index (χ2v) is 4.46. The number of halogens is 1. The van der Waals surface area contributed by atoms with E-state index in [0.717, 1.165) is 5.92 Å². The SMILES string of the molecule is Brc1scnc1C1CC1. The zero-order chi connectivity index (χ0) is 6.27. The fourth-order valence-corrected chi connectivity index (χ4v) is 2.14. The van der Waals surface area contributed by atoms with Crippen molar-refractivity contribution in [2.24, 2.45) is 0 Å². The molecule has 0 atom stereocenters. The van der Waals surface area contributed by atoms with Gasteiger partial charge < -0.3 is 0 Å². The summed E-state index contributed by atoms with van der Waals surface area (Å²) in [5.41, 5.74) is 3.18. The largest absolute Gasteiger partial charge is 0.248 e. The fourth-order valence-electron chi connectivity index (χ4n) is 0.863. The Morgan fingerprint density at radius 2 is 2.44 bits per heavy atom. The molecular weight excluding hydrogens is 198 g/mol. The first kappa shape index (κ1) is 5.86. The number of hydrogen-bond acceptors (Lipinski definition) is 2. The molecule has 1 nitrogen and oxygen atoms in total. The van der Waals surface area contributed by atoms with Crippen molar-refractivity contribution in [2.75, 3.05) is 0 Å². The van der Waals surface area contributed by atoms with Crippen molar-refractivity contribution in [2.45, 2.75) is 18.8 Å². The molecule has 2 rings (SSSR count). The van der Waals surface area contributed by atoms with Crippen molar-refractivity contribution in [3.63, 3.8) is 0 Å². The van der Waals surface area contributed by atoms with Gasteiger partial charge in [0.1, 0.15) is 0 Å². The van der Waals surface area contributed by atoms with E-state index in [1.165, 1.54) is 22.3 Å². The quantitative estimate of drug-likeness (QED) is 0.685. The van der Waals surface area contributed by atoms with Crippen molar-refractivity contribution in [3.8, 4) is 0 Å². The molecule has 0 spiro atoms. The number of aromatic nitrogens is 1. The number of rotatable bonds is 1. The Morgan fingerprint density at radius 3 is 2.89 bits per heavy atom. The molecule has 1 aromatic rings. The van der Waals surface area contributed by atoms with E-state index in [1.54, 1.807) is 11.3 Å². The first-order valence-electron chi connectivity index (χ1n) is 2.97. The van der Waals surface area contributed by atoms with Crippen LogP contribution in [0.3, 0.4) is 0 Å². The summed E-state index contributed by atoms with van der Waals surface area (Å²) in [6.45, 7) is 0. The Kier molecular flexibility index (Phi) is 1.34. The van der Waals surface area contributed by atoms with Crippen LogP contribution in [-0.4, -0.2) is 4.98 Å². The van der Waals surface area contributed by atoms with Crippen LogP contribution in [0.5, 0.6) is 0 Å². The average Bonchev–Trinajstić information content (AvgIpc) is 2.58. The van der Waals surface area contributed by atoms with Crippen LogP contribution in [0.15, 0.2) is 9.30 Å². The van der Waals surface area contributed by atoms with E-state index in [4.69, 9.17) is 0 Å². The lowest BCUT2D eigenvalue weighted by atomic mass is 10.3. The van der Waals surface area contributed by atoms with E-state index in [2.05, 4.69) is 20.9 Å². The Morgan fingerprint density at radius 1 is 1.67 bits per heavy atom. The van der Waals surface area contributed by atoms with Gasteiger partial charge in [0.25, 0.3) is 0 Å². The van der Waals surface area contributed by atoms with Crippen molar-refractivity contribution < 1.29 is 0 Å². The molecule has 0 unspecified atom stereocenters. The predicted octanol–water partition coefficient (Wildman–Crippen LogP) is 2.78. The van der Waals surface area contributed by atoms with E-state index in [-0.39, 0.29) is 0 Å². The zero-order valence-corrected chi connectivity index (χ0v) is 7.20. The zero-order valence-electron chi connectivity index (χ0n) is 4.80. The van der Waals surface area contributed by atoms with Gasteiger partial charge in [-0.15, -0.1) is 11.3 Å². The number of nitrogens with zero attached hydrogens (tertiary/aromatic N) is 1. The van der Waals surface area contributed by atoms with Gasteiger partial charge in [0.15, 0.2) is 0 Å². The highest BCUT2D eigenvalue weighted by Gasteiger charge is 2.27. The molecule has 0 N–H and O–H groups in total. The second kappa shape index (κ2) is 2.06. The monoisotopic (exact) mass is 203 g/mol. The maximum absolute atomic E-state index is 4.25. The Hall–Kier alpha value is 0.110. The molecule has 1 fully saturated rings. The molecule has 0 aromatic carbocycles. The topological polar surface area (TPSA) is 12.9 Å². The summed E-state index contributed by atoms with van der Waals surface area (Å²) < 4.78 is 1.23. The van der Waals surface area contributed by atoms with Crippen LogP contribution in [0.2, 0.25) is 0 Å². The molecule has 1 aliphatic rings. The van der Waals surface area contributed by atoms with E-state index in [0.29, 0.717) is 0 Å². The van der Waals surface area contributed by atoms with Gasteiger partial charge in [-0.25, -0.2) is 4.98 Å². The summed E-state index contributed by atoms with van der Waals surface area (Å²) in [6.07, 6.45) is 2.67. The third kappa shape index (κ3) is 1.03. The highest BCUT2D eigenvalue weighted by molar-refractivity contribution is 9.11. The molecule has 48 valence electrons. The molecule has 0 bridgehead atoms. The second-order valence-electron chi connectivity index (χ2n) is 2.29. The Bertz CT molecular complexity index is 217. The molecule has 0 amide bonds. The van der Waals surface area contributed by atoms with E-state index in [9.17, 15) is 0 Å². The van der Waals surface area contributed by atoms with Gasteiger partial charge in [0.05, 0.1) is 15.0 Å².